The molecule has 1 N–H and O–H groups in total. The van der Waals surface area contributed by atoms with E-state index in [0.29, 0.717) is 12.1 Å². The lowest BCUT2D eigenvalue weighted by molar-refractivity contribution is -0.393. The van der Waals surface area contributed by atoms with Gasteiger partial charge < -0.3 is 0 Å². The van der Waals surface area contributed by atoms with E-state index in [-0.39, 0.29) is 16.6 Å². The number of nitro groups is 2. The molecule has 0 amide bonds. The summed E-state index contributed by atoms with van der Waals surface area (Å²) < 4.78 is 0. The normalized spacial score (nSPS) is 12.5. The number of nitro benzene ring substituents is 2. The molecule has 0 aliphatic carbocycles. The van der Waals surface area contributed by atoms with Gasteiger partial charge in [0.15, 0.2) is 5.69 Å². The van der Waals surface area contributed by atoms with Crippen molar-refractivity contribution in [2.24, 2.45) is 11.0 Å². The van der Waals surface area contributed by atoms with Crippen LogP contribution in [0.25, 0.3) is 0 Å². The molecule has 142 valence electrons. The Kier molecular flexibility index (Phi) is 6.78. The van der Waals surface area contributed by atoms with Crippen LogP contribution in [-0.4, -0.2) is 20.5 Å². The molecule has 0 saturated carbocycles. The second kappa shape index (κ2) is 9.04. The van der Waals surface area contributed by atoms with Crippen LogP contribution in [0, 0.1) is 26.1 Å². The summed E-state index contributed by atoms with van der Waals surface area (Å²) in [5.41, 5.74) is 3.18. The summed E-state index contributed by atoms with van der Waals surface area (Å²) in [6.45, 7) is 3.81. The van der Waals surface area contributed by atoms with Gasteiger partial charge in [0.1, 0.15) is 0 Å². The number of anilines is 1. The van der Waals surface area contributed by atoms with Crippen LogP contribution in [0.5, 0.6) is 0 Å². The number of benzene rings is 1. The second-order valence-electron chi connectivity index (χ2n) is 5.83. The summed E-state index contributed by atoms with van der Waals surface area (Å²) in [7, 11) is 0. The maximum Gasteiger partial charge on any atom is 0.302 e. The van der Waals surface area contributed by atoms with Gasteiger partial charge in [-0.15, -0.1) is 0 Å². The molecule has 10 heteroatoms. The van der Waals surface area contributed by atoms with E-state index in [9.17, 15) is 20.2 Å². The van der Waals surface area contributed by atoms with Gasteiger partial charge in [0.2, 0.25) is 0 Å². The minimum absolute atomic E-state index is 0.0725. The molecule has 0 aliphatic rings. The van der Waals surface area contributed by atoms with Crippen molar-refractivity contribution in [3.8, 4) is 0 Å². The highest BCUT2D eigenvalue weighted by Crippen LogP contribution is 2.36. The summed E-state index contributed by atoms with van der Waals surface area (Å²) in [5.74, 6) is 0.0725. The standard InChI is InChI=1S/C17H18ClN5O4/c1-3-12(8-13-6-4-5-7-19-13)11(2)20-21-17-15(18)9-14(22(24)25)10-16(17)23(26)27/h4-7,9-10,12,21H,3,8H2,1-2H3/b20-11-. The molecule has 0 radical (unpaired) electrons. The van der Waals surface area contributed by atoms with Gasteiger partial charge in [-0.05, 0) is 31.9 Å². The van der Waals surface area contributed by atoms with Gasteiger partial charge in [0.25, 0.3) is 5.69 Å². The van der Waals surface area contributed by atoms with Crippen molar-refractivity contribution in [2.45, 2.75) is 26.7 Å². The van der Waals surface area contributed by atoms with Crippen LogP contribution in [0.3, 0.4) is 0 Å². The molecule has 1 unspecified atom stereocenters. The zero-order valence-corrected chi connectivity index (χ0v) is 15.5. The molecule has 0 spiro atoms. The maximum absolute atomic E-state index is 11.3. The van der Waals surface area contributed by atoms with Gasteiger partial charge in [-0.25, -0.2) is 0 Å². The number of non-ortho nitro benzene ring substituents is 1. The first kappa shape index (κ1) is 20.2. The Balaban J connectivity index is 2.27. The number of nitrogens with one attached hydrogen (secondary N) is 1. The topological polar surface area (TPSA) is 124 Å². The number of hydrogen-bond donors (Lipinski definition) is 1. The van der Waals surface area contributed by atoms with Crippen molar-refractivity contribution < 1.29 is 9.85 Å². The van der Waals surface area contributed by atoms with E-state index in [2.05, 4.69) is 15.5 Å². The Bertz CT molecular complexity index is 873. The van der Waals surface area contributed by atoms with E-state index in [1.165, 1.54) is 0 Å². The average molecular weight is 392 g/mol. The fourth-order valence-corrected chi connectivity index (χ4v) is 2.78. The van der Waals surface area contributed by atoms with Crippen molar-refractivity contribution in [1.29, 1.82) is 0 Å². The quantitative estimate of drug-likeness (QED) is 0.398. The summed E-state index contributed by atoms with van der Waals surface area (Å²) in [6, 6.07) is 7.56. The Labute approximate surface area is 160 Å². The van der Waals surface area contributed by atoms with E-state index in [0.717, 1.165) is 24.2 Å². The minimum atomic E-state index is -0.739. The smallest absolute Gasteiger partial charge is 0.271 e. The lowest BCUT2D eigenvalue weighted by Crippen LogP contribution is -2.16. The molecule has 9 nitrogen and oxygen atoms in total. The molecule has 1 aromatic carbocycles. The number of rotatable bonds is 8. The van der Waals surface area contributed by atoms with Gasteiger partial charge in [0.05, 0.1) is 20.9 Å². The summed E-state index contributed by atoms with van der Waals surface area (Å²) in [6.07, 6.45) is 3.18. The Morgan fingerprint density at radius 1 is 1.30 bits per heavy atom. The predicted molar refractivity (Wildman–Crippen MR) is 103 cm³/mol. The fourth-order valence-electron chi connectivity index (χ4n) is 2.53. The summed E-state index contributed by atoms with van der Waals surface area (Å²) >= 11 is 6.00. The number of hydrogen-bond acceptors (Lipinski definition) is 7. The van der Waals surface area contributed by atoms with E-state index in [1.54, 1.807) is 13.1 Å². The molecule has 0 saturated heterocycles. The molecular weight excluding hydrogens is 374 g/mol. The third kappa shape index (κ3) is 5.20. The van der Waals surface area contributed by atoms with Gasteiger partial charge in [0, 0.05) is 29.6 Å². The lowest BCUT2D eigenvalue weighted by atomic mass is 9.95. The molecule has 1 heterocycles. The molecule has 0 bridgehead atoms. The van der Waals surface area contributed by atoms with Gasteiger partial charge in [-0.2, -0.15) is 5.10 Å². The lowest BCUT2D eigenvalue weighted by Gasteiger charge is -2.15. The van der Waals surface area contributed by atoms with Crippen molar-refractivity contribution in [1.82, 2.24) is 4.98 Å². The first-order chi connectivity index (χ1) is 12.8. The highest BCUT2D eigenvalue weighted by atomic mass is 35.5. The molecule has 27 heavy (non-hydrogen) atoms. The third-order valence-electron chi connectivity index (χ3n) is 4.07. The zero-order valence-electron chi connectivity index (χ0n) is 14.8. The first-order valence-electron chi connectivity index (χ1n) is 8.15. The van der Waals surface area contributed by atoms with Crippen molar-refractivity contribution >= 4 is 34.4 Å². The molecule has 1 atom stereocenters. The fraction of sp³-hybridized carbons (Fsp3) is 0.294. The van der Waals surface area contributed by atoms with Crippen LogP contribution in [0.4, 0.5) is 17.1 Å². The van der Waals surface area contributed by atoms with Crippen LogP contribution in [0.2, 0.25) is 5.02 Å². The van der Waals surface area contributed by atoms with Gasteiger partial charge in [-0.1, -0.05) is 24.6 Å². The van der Waals surface area contributed by atoms with Crippen LogP contribution in [0.1, 0.15) is 26.0 Å². The molecule has 0 aliphatic heterocycles. The van der Waals surface area contributed by atoms with Crippen LogP contribution in [-0.2, 0) is 6.42 Å². The van der Waals surface area contributed by atoms with Crippen LogP contribution >= 0.6 is 11.6 Å². The number of aromatic nitrogens is 1. The minimum Gasteiger partial charge on any atom is -0.271 e. The van der Waals surface area contributed by atoms with E-state index in [4.69, 9.17) is 11.6 Å². The van der Waals surface area contributed by atoms with Crippen molar-refractivity contribution in [3.05, 3.63) is 67.5 Å². The number of nitrogens with zero attached hydrogens (tertiary/aromatic N) is 4. The molecule has 0 fully saturated rings. The number of pyridine rings is 1. The molecule has 2 rings (SSSR count). The maximum atomic E-state index is 11.3. The van der Waals surface area contributed by atoms with E-state index in [1.807, 2.05) is 25.1 Å². The largest absolute Gasteiger partial charge is 0.302 e. The zero-order chi connectivity index (χ0) is 20.0. The van der Waals surface area contributed by atoms with Crippen LogP contribution in [0.15, 0.2) is 41.6 Å². The Morgan fingerprint density at radius 2 is 2.04 bits per heavy atom. The third-order valence-corrected chi connectivity index (χ3v) is 4.37. The Morgan fingerprint density at radius 3 is 2.59 bits per heavy atom. The average Bonchev–Trinajstić information content (AvgIpc) is 2.64. The summed E-state index contributed by atoms with van der Waals surface area (Å²) in [4.78, 5) is 24.9. The highest BCUT2D eigenvalue weighted by molar-refractivity contribution is 6.34. The highest BCUT2D eigenvalue weighted by Gasteiger charge is 2.23. The second-order valence-corrected chi connectivity index (χ2v) is 6.24. The number of halogens is 1. The van der Waals surface area contributed by atoms with Crippen LogP contribution < -0.4 is 5.43 Å². The molecule has 2 aromatic rings. The number of hydrazone groups is 1. The monoisotopic (exact) mass is 391 g/mol. The van der Waals surface area contributed by atoms with Gasteiger partial charge >= 0.3 is 5.69 Å². The van der Waals surface area contributed by atoms with E-state index < -0.39 is 21.2 Å². The van der Waals surface area contributed by atoms with Gasteiger partial charge in [-0.3, -0.25) is 30.6 Å². The molecule has 1 aromatic heterocycles. The van der Waals surface area contributed by atoms with Crippen molar-refractivity contribution in [3.63, 3.8) is 0 Å². The predicted octanol–water partition coefficient (Wildman–Crippen LogP) is 4.61. The van der Waals surface area contributed by atoms with Crippen molar-refractivity contribution in [2.75, 3.05) is 5.43 Å². The van der Waals surface area contributed by atoms with E-state index >= 15 is 0 Å². The summed E-state index contributed by atoms with van der Waals surface area (Å²) in [5, 5.41) is 26.2. The first-order valence-corrected chi connectivity index (χ1v) is 8.53. The molecular formula is C17H18ClN5O4. The Hall–Kier alpha value is -3.07. The SMILES string of the molecule is CCC(Cc1ccccn1)/C(C)=N\Nc1c(Cl)cc([N+](=O)[O-])cc1[N+](=O)[O-].